The highest BCUT2D eigenvalue weighted by Crippen LogP contribution is 2.05. The first kappa shape index (κ1) is 15.3. The summed E-state index contributed by atoms with van der Waals surface area (Å²) in [6.07, 6.45) is 3.51. The van der Waals surface area contributed by atoms with E-state index in [1.54, 1.807) is 6.26 Å². The maximum atomic E-state index is 11.8. The molecule has 0 bridgehead atoms. The van der Waals surface area contributed by atoms with E-state index in [2.05, 4.69) is 17.6 Å². The first-order chi connectivity index (χ1) is 10.2. The fourth-order valence-electron chi connectivity index (χ4n) is 2.04. The molecule has 1 atom stereocenters. The summed E-state index contributed by atoms with van der Waals surface area (Å²) >= 11 is 0. The molecule has 1 amide bonds. The van der Waals surface area contributed by atoms with Crippen LogP contribution < -0.4 is 10.6 Å². The summed E-state index contributed by atoms with van der Waals surface area (Å²) in [7, 11) is 0. The second-order valence-electron chi connectivity index (χ2n) is 5.16. The van der Waals surface area contributed by atoms with Gasteiger partial charge in [-0.25, -0.2) is 0 Å². The fourth-order valence-corrected chi connectivity index (χ4v) is 2.04. The van der Waals surface area contributed by atoms with Crippen molar-refractivity contribution in [2.75, 3.05) is 6.54 Å². The number of nitrogens with one attached hydrogen (secondary N) is 2. The van der Waals surface area contributed by atoms with E-state index in [0.29, 0.717) is 13.1 Å². The number of aryl methyl sites for hydroxylation is 1. The van der Waals surface area contributed by atoms with Gasteiger partial charge in [0.05, 0.1) is 12.8 Å². The maximum Gasteiger partial charge on any atom is 0.234 e. The quantitative estimate of drug-likeness (QED) is 0.784. The largest absolute Gasteiger partial charge is 0.469 e. The molecule has 1 aromatic heterocycles. The van der Waals surface area contributed by atoms with Crippen LogP contribution in [-0.2, 0) is 17.8 Å². The summed E-state index contributed by atoms with van der Waals surface area (Å²) in [4.78, 5) is 11.8. The van der Waals surface area contributed by atoms with Gasteiger partial charge in [-0.3, -0.25) is 4.79 Å². The molecule has 0 fully saturated rings. The van der Waals surface area contributed by atoms with Gasteiger partial charge in [0, 0.05) is 19.0 Å². The van der Waals surface area contributed by atoms with Crippen molar-refractivity contribution >= 4 is 5.91 Å². The molecule has 0 saturated carbocycles. The minimum atomic E-state index is 0.0173. The zero-order valence-corrected chi connectivity index (χ0v) is 12.3. The average molecular weight is 286 g/mol. The van der Waals surface area contributed by atoms with Gasteiger partial charge in [-0.15, -0.1) is 0 Å². The summed E-state index contributed by atoms with van der Waals surface area (Å²) in [6, 6.07) is 14.0. The van der Waals surface area contributed by atoms with Crippen molar-refractivity contribution in [3.8, 4) is 0 Å². The Balaban J connectivity index is 1.59. The Morgan fingerprint density at radius 3 is 2.71 bits per heavy atom. The van der Waals surface area contributed by atoms with Gasteiger partial charge in [-0.1, -0.05) is 30.3 Å². The van der Waals surface area contributed by atoms with E-state index < -0.39 is 0 Å². The number of furan rings is 1. The number of carbonyl (C=O) groups excluding carboxylic acids is 1. The molecule has 0 aliphatic carbocycles. The van der Waals surface area contributed by atoms with Crippen molar-refractivity contribution in [3.05, 3.63) is 60.1 Å². The highest BCUT2D eigenvalue weighted by molar-refractivity contribution is 5.77. The van der Waals surface area contributed by atoms with Crippen LogP contribution in [0.5, 0.6) is 0 Å². The van der Waals surface area contributed by atoms with Crippen molar-refractivity contribution < 1.29 is 9.21 Å². The van der Waals surface area contributed by atoms with Crippen LogP contribution in [0.4, 0.5) is 0 Å². The Morgan fingerprint density at radius 1 is 1.19 bits per heavy atom. The van der Waals surface area contributed by atoms with Crippen LogP contribution >= 0.6 is 0 Å². The van der Waals surface area contributed by atoms with Crippen LogP contribution in [0.25, 0.3) is 0 Å². The lowest BCUT2D eigenvalue weighted by atomic mass is 10.1. The summed E-state index contributed by atoms with van der Waals surface area (Å²) in [6.45, 7) is 2.99. The lowest BCUT2D eigenvalue weighted by molar-refractivity contribution is -0.120. The second kappa shape index (κ2) is 8.27. The van der Waals surface area contributed by atoms with Crippen LogP contribution in [0.1, 0.15) is 24.7 Å². The van der Waals surface area contributed by atoms with Crippen molar-refractivity contribution in [1.29, 1.82) is 0 Å². The number of hydrogen-bond donors (Lipinski definition) is 2. The molecule has 0 spiro atoms. The third kappa shape index (κ3) is 5.83. The second-order valence-corrected chi connectivity index (χ2v) is 5.16. The lowest BCUT2D eigenvalue weighted by Crippen LogP contribution is -2.37. The predicted octanol–water partition coefficient (Wildman–Crippen LogP) is 2.51. The summed E-state index contributed by atoms with van der Waals surface area (Å²) in [5.41, 5.74) is 1.11. The molecule has 2 rings (SSSR count). The summed E-state index contributed by atoms with van der Waals surface area (Å²) < 4.78 is 5.29. The number of rotatable bonds is 8. The Bertz CT molecular complexity index is 523. The zero-order valence-electron chi connectivity index (χ0n) is 12.3. The van der Waals surface area contributed by atoms with Crippen LogP contribution in [-0.4, -0.2) is 18.5 Å². The molecule has 1 unspecified atom stereocenters. The predicted molar refractivity (Wildman–Crippen MR) is 82.8 cm³/mol. The van der Waals surface area contributed by atoms with E-state index in [4.69, 9.17) is 4.42 Å². The molecule has 0 aliphatic rings. The molecule has 0 radical (unpaired) electrons. The molecular weight excluding hydrogens is 264 g/mol. The van der Waals surface area contributed by atoms with Crippen molar-refractivity contribution in [3.63, 3.8) is 0 Å². The maximum absolute atomic E-state index is 11.8. The van der Waals surface area contributed by atoms with Gasteiger partial charge in [0.15, 0.2) is 0 Å². The Hall–Kier alpha value is -2.07. The van der Waals surface area contributed by atoms with Gasteiger partial charge in [-0.2, -0.15) is 0 Å². The highest BCUT2D eigenvalue weighted by Gasteiger charge is 2.06. The van der Waals surface area contributed by atoms with Gasteiger partial charge >= 0.3 is 0 Å². The molecule has 4 heteroatoms. The van der Waals surface area contributed by atoms with Gasteiger partial charge in [0.25, 0.3) is 0 Å². The van der Waals surface area contributed by atoms with E-state index in [-0.39, 0.29) is 11.9 Å². The Kier molecular flexibility index (Phi) is 6.03. The van der Waals surface area contributed by atoms with Crippen LogP contribution in [0.3, 0.4) is 0 Å². The minimum Gasteiger partial charge on any atom is -0.469 e. The standard InChI is InChI=1S/C17H22N2O2/c1-14(9-10-16-8-5-11-21-16)18-13-17(20)19-12-15-6-3-2-4-7-15/h2-8,11,14,18H,9-10,12-13H2,1H3,(H,19,20). The van der Waals surface area contributed by atoms with Crippen LogP contribution in [0.15, 0.2) is 53.1 Å². The molecule has 21 heavy (non-hydrogen) atoms. The third-order valence-electron chi connectivity index (χ3n) is 3.35. The molecule has 1 aromatic carbocycles. The number of amides is 1. The molecule has 0 saturated heterocycles. The summed E-state index contributed by atoms with van der Waals surface area (Å²) in [5, 5.41) is 6.13. The number of benzene rings is 1. The molecule has 0 aliphatic heterocycles. The van der Waals surface area contributed by atoms with Crippen molar-refractivity contribution in [1.82, 2.24) is 10.6 Å². The normalized spacial score (nSPS) is 12.0. The zero-order chi connectivity index (χ0) is 14.9. The monoisotopic (exact) mass is 286 g/mol. The number of carbonyl (C=O) groups is 1. The van der Waals surface area contributed by atoms with E-state index in [1.807, 2.05) is 42.5 Å². The SMILES string of the molecule is CC(CCc1ccco1)NCC(=O)NCc1ccccc1. The van der Waals surface area contributed by atoms with E-state index in [9.17, 15) is 4.79 Å². The van der Waals surface area contributed by atoms with Crippen molar-refractivity contribution in [2.24, 2.45) is 0 Å². The number of hydrogen-bond acceptors (Lipinski definition) is 3. The minimum absolute atomic E-state index is 0.0173. The molecule has 112 valence electrons. The Morgan fingerprint density at radius 2 is 2.00 bits per heavy atom. The molecule has 4 nitrogen and oxygen atoms in total. The van der Waals surface area contributed by atoms with Gasteiger partial charge in [-0.05, 0) is 31.0 Å². The average Bonchev–Trinajstić information content (AvgIpc) is 3.03. The molecule has 1 heterocycles. The van der Waals surface area contributed by atoms with Gasteiger partial charge in [0.2, 0.25) is 5.91 Å². The molecule has 2 aromatic rings. The fraction of sp³-hybridized carbons (Fsp3) is 0.353. The summed E-state index contributed by atoms with van der Waals surface area (Å²) in [5.74, 6) is 1.00. The molecular formula is C17H22N2O2. The molecule has 2 N–H and O–H groups in total. The van der Waals surface area contributed by atoms with Crippen LogP contribution in [0.2, 0.25) is 0 Å². The van der Waals surface area contributed by atoms with Gasteiger partial charge in [0.1, 0.15) is 5.76 Å². The topological polar surface area (TPSA) is 54.3 Å². The van der Waals surface area contributed by atoms with Crippen molar-refractivity contribution in [2.45, 2.75) is 32.4 Å². The van der Waals surface area contributed by atoms with E-state index in [0.717, 1.165) is 24.2 Å². The smallest absolute Gasteiger partial charge is 0.234 e. The van der Waals surface area contributed by atoms with Gasteiger partial charge < -0.3 is 15.1 Å². The Labute approximate surface area is 125 Å². The lowest BCUT2D eigenvalue weighted by Gasteiger charge is -2.13. The van der Waals surface area contributed by atoms with Crippen LogP contribution in [0, 0.1) is 0 Å². The highest BCUT2D eigenvalue weighted by atomic mass is 16.3. The third-order valence-corrected chi connectivity index (χ3v) is 3.35. The first-order valence-electron chi connectivity index (χ1n) is 7.30. The van der Waals surface area contributed by atoms with E-state index in [1.165, 1.54) is 0 Å². The first-order valence-corrected chi connectivity index (χ1v) is 7.30. The van der Waals surface area contributed by atoms with E-state index >= 15 is 0 Å².